The lowest BCUT2D eigenvalue weighted by molar-refractivity contribution is 0.0740. The lowest BCUT2D eigenvalue weighted by atomic mass is 10.1. The summed E-state index contributed by atoms with van der Waals surface area (Å²) in [6.45, 7) is 1.94. The molecule has 5 heteroatoms. The second-order valence-electron chi connectivity index (χ2n) is 4.88. The number of nitrogens with zero attached hydrogens (tertiary/aromatic N) is 1. The smallest absolute Gasteiger partial charge is 0.178 e. The molecular formula is C14H17Cl2NO2. The van der Waals surface area contributed by atoms with E-state index in [1.807, 2.05) is 11.9 Å². The van der Waals surface area contributed by atoms with Crippen LogP contribution in [0.25, 0.3) is 0 Å². The first-order valence-electron chi connectivity index (χ1n) is 6.34. The number of ketones is 1. The van der Waals surface area contributed by atoms with Gasteiger partial charge in [-0.15, -0.1) is 0 Å². The third-order valence-electron chi connectivity index (χ3n) is 3.18. The first-order chi connectivity index (χ1) is 9.06. The van der Waals surface area contributed by atoms with E-state index < -0.39 is 0 Å². The van der Waals surface area contributed by atoms with E-state index >= 15 is 0 Å². The number of hydrogen-bond donors (Lipinski definition) is 0. The zero-order valence-corrected chi connectivity index (χ0v) is 12.4. The van der Waals surface area contributed by atoms with Gasteiger partial charge in [-0.25, -0.2) is 0 Å². The average molecular weight is 302 g/mol. The Kier molecular flexibility index (Phi) is 5.22. The van der Waals surface area contributed by atoms with Gasteiger partial charge in [-0.3, -0.25) is 9.69 Å². The van der Waals surface area contributed by atoms with Crippen molar-refractivity contribution in [1.82, 2.24) is 4.90 Å². The molecule has 0 saturated carbocycles. The van der Waals surface area contributed by atoms with Crippen LogP contribution in [-0.4, -0.2) is 43.5 Å². The van der Waals surface area contributed by atoms with Crippen LogP contribution in [0.3, 0.4) is 0 Å². The molecule has 0 bridgehead atoms. The van der Waals surface area contributed by atoms with Crippen molar-refractivity contribution in [1.29, 1.82) is 0 Å². The molecule has 1 fully saturated rings. The maximum absolute atomic E-state index is 12.2. The highest BCUT2D eigenvalue weighted by Crippen LogP contribution is 2.21. The molecule has 0 radical (unpaired) electrons. The van der Waals surface area contributed by atoms with Crippen LogP contribution < -0.4 is 0 Å². The number of carbonyl (C=O) groups is 1. The summed E-state index contributed by atoms with van der Waals surface area (Å²) in [5.41, 5.74) is 0.519. The third-order valence-corrected chi connectivity index (χ3v) is 3.73. The van der Waals surface area contributed by atoms with E-state index in [1.165, 1.54) is 0 Å². The third kappa shape index (κ3) is 4.18. The number of halogens is 2. The molecule has 2 rings (SSSR count). The summed E-state index contributed by atoms with van der Waals surface area (Å²) in [5, 5.41) is 0.942. The van der Waals surface area contributed by atoms with Crippen molar-refractivity contribution in [2.45, 2.75) is 18.9 Å². The van der Waals surface area contributed by atoms with Crippen molar-refractivity contribution in [3.63, 3.8) is 0 Å². The highest BCUT2D eigenvalue weighted by Gasteiger charge is 2.19. The van der Waals surface area contributed by atoms with E-state index in [2.05, 4.69) is 0 Å². The Morgan fingerprint density at radius 3 is 2.89 bits per heavy atom. The SMILES string of the molecule is CN(CC(=O)c1ccc(Cl)cc1Cl)CC1CCCO1. The van der Waals surface area contributed by atoms with Crippen LogP contribution in [-0.2, 0) is 4.74 Å². The van der Waals surface area contributed by atoms with Gasteiger partial charge in [-0.2, -0.15) is 0 Å². The summed E-state index contributed by atoms with van der Waals surface area (Å²) >= 11 is 11.8. The van der Waals surface area contributed by atoms with Crippen LogP contribution in [0.1, 0.15) is 23.2 Å². The number of benzene rings is 1. The minimum Gasteiger partial charge on any atom is -0.377 e. The number of likely N-dealkylation sites (N-methyl/N-ethyl adjacent to an activating group) is 1. The summed E-state index contributed by atoms with van der Waals surface area (Å²) in [6, 6.07) is 4.95. The van der Waals surface area contributed by atoms with Crippen molar-refractivity contribution in [2.75, 3.05) is 26.7 Å². The standard InChI is InChI=1S/C14H17Cl2NO2/c1-17(8-11-3-2-6-19-11)9-14(18)12-5-4-10(15)7-13(12)16/h4-5,7,11H,2-3,6,8-9H2,1H3. The molecule has 1 unspecified atom stereocenters. The van der Waals surface area contributed by atoms with Gasteiger partial charge in [-0.05, 0) is 38.1 Å². The van der Waals surface area contributed by atoms with Crippen molar-refractivity contribution < 1.29 is 9.53 Å². The zero-order valence-electron chi connectivity index (χ0n) is 10.9. The van der Waals surface area contributed by atoms with Gasteiger partial charge in [0.15, 0.2) is 5.78 Å². The van der Waals surface area contributed by atoms with E-state index in [1.54, 1.807) is 18.2 Å². The second-order valence-corrected chi connectivity index (χ2v) is 5.72. The van der Waals surface area contributed by atoms with Crippen molar-refractivity contribution in [3.8, 4) is 0 Å². The molecule has 1 aromatic carbocycles. The minimum atomic E-state index is 0.00200. The van der Waals surface area contributed by atoms with Crippen LogP contribution in [0.4, 0.5) is 0 Å². The molecule has 1 aromatic rings. The van der Waals surface area contributed by atoms with Crippen molar-refractivity contribution in [3.05, 3.63) is 33.8 Å². The first kappa shape index (κ1) is 14.8. The lowest BCUT2D eigenvalue weighted by Crippen LogP contribution is -2.33. The predicted molar refractivity (Wildman–Crippen MR) is 77.3 cm³/mol. The van der Waals surface area contributed by atoms with Gasteiger partial charge in [0.25, 0.3) is 0 Å². The fraction of sp³-hybridized carbons (Fsp3) is 0.500. The van der Waals surface area contributed by atoms with E-state index in [4.69, 9.17) is 27.9 Å². The Morgan fingerprint density at radius 2 is 2.26 bits per heavy atom. The molecule has 1 saturated heterocycles. The van der Waals surface area contributed by atoms with E-state index in [0.717, 1.165) is 26.0 Å². The maximum Gasteiger partial charge on any atom is 0.178 e. The van der Waals surface area contributed by atoms with Crippen LogP contribution >= 0.6 is 23.2 Å². The second kappa shape index (κ2) is 6.71. The molecule has 19 heavy (non-hydrogen) atoms. The molecule has 0 N–H and O–H groups in total. The van der Waals surface area contributed by atoms with Crippen LogP contribution in [0, 0.1) is 0 Å². The van der Waals surface area contributed by atoms with Gasteiger partial charge in [0.2, 0.25) is 0 Å². The Hall–Kier alpha value is -0.610. The van der Waals surface area contributed by atoms with Crippen LogP contribution in [0.5, 0.6) is 0 Å². The fourth-order valence-corrected chi connectivity index (χ4v) is 2.76. The summed E-state index contributed by atoms with van der Waals surface area (Å²) in [6.07, 6.45) is 2.42. The molecule has 104 valence electrons. The largest absolute Gasteiger partial charge is 0.377 e. The number of carbonyl (C=O) groups excluding carboxylic acids is 1. The summed E-state index contributed by atoms with van der Waals surface area (Å²) in [5.74, 6) is 0.00200. The van der Waals surface area contributed by atoms with Gasteiger partial charge in [-0.1, -0.05) is 23.2 Å². The van der Waals surface area contributed by atoms with Crippen molar-refractivity contribution in [2.24, 2.45) is 0 Å². The average Bonchev–Trinajstić information content (AvgIpc) is 2.81. The van der Waals surface area contributed by atoms with Crippen molar-refractivity contribution >= 4 is 29.0 Å². The summed E-state index contributed by atoms with van der Waals surface area (Å²) in [4.78, 5) is 14.1. The number of rotatable bonds is 5. The molecule has 0 aliphatic carbocycles. The predicted octanol–water partition coefficient (Wildman–Crippen LogP) is 3.29. The normalized spacial score (nSPS) is 19.1. The molecule has 3 nitrogen and oxygen atoms in total. The molecule has 1 aliphatic rings. The highest BCUT2D eigenvalue weighted by molar-refractivity contribution is 6.36. The molecule has 1 heterocycles. The minimum absolute atomic E-state index is 0.00200. The molecule has 0 amide bonds. The van der Waals surface area contributed by atoms with Crippen LogP contribution in [0.15, 0.2) is 18.2 Å². The van der Waals surface area contributed by atoms with Gasteiger partial charge in [0.05, 0.1) is 17.7 Å². The monoisotopic (exact) mass is 301 g/mol. The molecule has 0 spiro atoms. The maximum atomic E-state index is 12.2. The number of ether oxygens (including phenoxy) is 1. The fourth-order valence-electron chi connectivity index (χ4n) is 2.25. The Bertz CT molecular complexity index is 459. The topological polar surface area (TPSA) is 29.5 Å². The Morgan fingerprint density at radius 1 is 1.47 bits per heavy atom. The van der Waals surface area contributed by atoms with E-state index in [9.17, 15) is 4.79 Å². The molecule has 1 aliphatic heterocycles. The molecule has 1 atom stereocenters. The Labute approximate surface area is 123 Å². The van der Waals surface area contributed by atoms with Gasteiger partial charge in [0.1, 0.15) is 0 Å². The first-order valence-corrected chi connectivity index (χ1v) is 7.10. The summed E-state index contributed by atoms with van der Waals surface area (Å²) < 4.78 is 5.55. The lowest BCUT2D eigenvalue weighted by Gasteiger charge is -2.19. The van der Waals surface area contributed by atoms with Crippen LogP contribution in [0.2, 0.25) is 10.0 Å². The van der Waals surface area contributed by atoms with E-state index in [-0.39, 0.29) is 11.9 Å². The summed E-state index contributed by atoms with van der Waals surface area (Å²) in [7, 11) is 1.92. The highest BCUT2D eigenvalue weighted by atomic mass is 35.5. The molecule has 0 aromatic heterocycles. The van der Waals surface area contributed by atoms with E-state index in [0.29, 0.717) is 22.2 Å². The van der Waals surface area contributed by atoms with Gasteiger partial charge < -0.3 is 4.74 Å². The molecular weight excluding hydrogens is 285 g/mol. The quantitative estimate of drug-likeness (QED) is 0.782. The van der Waals surface area contributed by atoms with Gasteiger partial charge in [0, 0.05) is 23.7 Å². The zero-order chi connectivity index (χ0) is 13.8. The number of hydrogen-bond acceptors (Lipinski definition) is 3. The number of Topliss-reactive ketones (excluding diaryl/α,β-unsaturated/α-hetero) is 1. The Balaban J connectivity index is 1.92. The van der Waals surface area contributed by atoms with Gasteiger partial charge >= 0.3 is 0 Å².